The van der Waals surface area contributed by atoms with Crippen LogP contribution in [0, 0.1) is 5.92 Å². The van der Waals surface area contributed by atoms with E-state index in [0.717, 1.165) is 69.4 Å². The van der Waals surface area contributed by atoms with E-state index in [1.54, 1.807) is 17.0 Å². The van der Waals surface area contributed by atoms with Gasteiger partial charge in [-0.05, 0) is 45.1 Å². The highest BCUT2D eigenvalue weighted by Crippen LogP contribution is 2.33. The quantitative estimate of drug-likeness (QED) is 0.827. The Morgan fingerprint density at radius 3 is 2.59 bits per heavy atom. The summed E-state index contributed by atoms with van der Waals surface area (Å²) in [5.74, 6) is 0.315. The molecule has 156 valence electrons. The lowest BCUT2D eigenvalue weighted by molar-refractivity contribution is -0.137. The third kappa shape index (κ3) is 4.42. The second kappa shape index (κ2) is 8.49. The van der Waals surface area contributed by atoms with Gasteiger partial charge in [-0.1, -0.05) is 0 Å². The maximum atomic E-state index is 13.0. The van der Waals surface area contributed by atoms with Crippen molar-refractivity contribution in [1.29, 1.82) is 0 Å². The van der Waals surface area contributed by atoms with Gasteiger partial charge in [-0.15, -0.1) is 0 Å². The number of likely N-dealkylation sites (N-methyl/N-ethyl adjacent to an activating group) is 1. The van der Waals surface area contributed by atoms with Crippen LogP contribution in [0.1, 0.15) is 56.0 Å². The van der Waals surface area contributed by atoms with Gasteiger partial charge in [0.2, 0.25) is 0 Å². The molecular formula is C21H29N5O3. The SMILES string of the molecule is CN1CCc2ncc(-n3ccn(C4CCC(CCC(=O)O)CC4)c3=O)nc2CC1. The average Bonchev–Trinajstić information content (AvgIpc) is 3.00. The zero-order chi connectivity index (χ0) is 20.4. The zero-order valence-electron chi connectivity index (χ0n) is 17.0. The van der Waals surface area contributed by atoms with Crippen molar-refractivity contribution in [2.75, 3.05) is 20.1 Å². The Balaban J connectivity index is 1.47. The number of rotatable bonds is 5. The summed E-state index contributed by atoms with van der Waals surface area (Å²) in [7, 11) is 2.10. The lowest BCUT2D eigenvalue weighted by Crippen LogP contribution is -2.29. The Morgan fingerprint density at radius 2 is 1.86 bits per heavy atom. The summed E-state index contributed by atoms with van der Waals surface area (Å²) in [5, 5.41) is 8.86. The summed E-state index contributed by atoms with van der Waals surface area (Å²) < 4.78 is 3.41. The average molecular weight is 399 g/mol. The highest BCUT2D eigenvalue weighted by atomic mass is 16.4. The van der Waals surface area contributed by atoms with Crippen molar-refractivity contribution in [2.45, 2.75) is 57.4 Å². The maximum Gasteiger partial charge on any atom is 0.334 e. The minimum Gasteiger partial charge on any atom is -0.481 e. The first-order valence-electron chi connectivity index (χ1n) is 10.6. The summed E-state index contributed by atoms with van der Waals surface area (Å²) in [6.45, 7) is 1.93. The number of hydrogen-bond acceptors (Lipinski definition) is 5. The molecule has 0 spiro atoms. The molecule has 4 rings (SSSR count). The molecule has 1 saturated carbocycles. The van der Waals surface area contributed by atoms with Gasteiger partial charge in [0.25, 0.3) is 0 Å². The lowest BCUT2D eigenvalue weighted by atomic mass is 9.83. The van der Waals surface area contributed by atoms with Crippen LogP contribution in [0.15, 0.2) is 23.4 Å². The van der Waals surface area contributed by atoms with Crippen molar-refractivity contribution in [3.8, 4) is 5.82 Å². The normalized spacial score (nSPS) is 22.8. The second-order valence-corrected chi connectivity index (χ2v) is 8.39. The largest absolute Gasteiger partial charge is 0.481 e. The Kier molecular flexibility index (Phi) is 5.80. The molecule has 8 nitrogen and oxygen atoms in total. The molecule has 0 unspecified atom stereocenters. The Morgan fingerprint density at radius 1 is 1.14 bits per heavy atom. The van der Waals surface area contributed by atoms with Crippen LogP contribution in [0.4, 0.5) is 0 Å². The van der Waals surface area contributed by atoms with E-state index in [0.29, 0.717) is 11.7 Å². The van der Waals surface area contributed by atoms with Gasteiger partial charge in [0.15, 0.2) is 5.82 Å². The first kappa shape index (κ1) is 19.8. The molecule has 0 atom stereocenters. The summed E-state index contributed by atoms with van der Waals surface area (Å²) in [6.07, 6.45) is 11.8. The number of carboxylic acids is 1. The van der Waals surface area contributed by atoms with Crippen molar-refractivity contribution >= 4 is 5.97 Å². The van der Waals surface area contributed by atoms with Crippen LogP contribution in [0.5, 0.6) is 0 Å². The monoisotopic (exact) mass is 399 g/mol. The molecule has 1 fully saturated rings. The van der Waals surface area contributed by atoms with E-state index < -0.39 is 5.97 Å². The summed E-state index contributed by atoms with van der Waals surface area (Å²) in [6, 6.07) is 0.173. The second-order valence-electron chi connectivity index (χ2n) is 8.39. The van der Waals surface area contributed by atoms with Crippen LogP contribution in [0.3, 0.4) is 0 Å². The minimum atomic E-state index is -0.728. The van der Waals surface area contributed by atoms with Gasteiger partial charge in [-0.2, -0.15) is 0 Å². The van der Waals surface area contributed by atoms with Gasteiger partial charge < -0.3 is 10.0 Å². The van der Waals surface area contributed by atoms with Crippen LogP contribution in [-0.2, 0) is 17.6 Å². The van der Waals surface area contributed by atoms with E-state index in [1.165, 1.54) is 0 Å². The molecule has 0 amide bonds. The summed E-state index contributed by atoms with van der Waals surface area (Å²) >= 11 is 0. The van der Waals surface area contributed by atoms with Crippen LogP contribution in [0.25, 0.3) is 5.82 Å². The Hall–Kier alpha value is -2.48. The number of imidazole rings is 1. The number of carbonyl (C=O) groups is 1. The van der Waals surface area contributed by atoms with Crippen molar-refractivity contribution in [3.63, 3.8) is 0 Å². The molecule has 1 aliphatic heterocycles. The fourth-order valence-corrected chi connectivity index (χ4v) is 4.55. The number of fused-ring (bicyclic) bond motifs is 1. The molecular weight excluding hydrogens is 370 g/mol. The van der Waals surface area contributed by atoms with E-state index in [4.69, 9.17) is 10.1 Å². The number of hydrogen-bond donors (Lipinski definition) is 1. The highest BCUT2D eigenvalue weighted by molar-refractivity contribution is 5.66. The molecule has 3 heterocycles. The molecule has 2 aliphatic rings. The standard InChI is InChI=1S/C21H29N5O3/c1-24-10-8-17-18(9-11-24)23-19(14-22-17)26-13-12-25(21(26)29)16-5-2-15(3-6-16)4-7-20(27)28/h12-16H,2-11H2,1H3,(H,27,28). The van der Waals surface area contributed by atoms with E-state index >= 15 is 0 Å². The minimum absolute atomic E-state index is 0.0704. The first-order valence-corrected chi connectivity index (χ1v) is 10.6. The number of nitrogens with zero attached hydrogens (tertiary/aromatic N) is 5. The molecule has 0 aromatic carbocycles. The molecule has 1 N–H and O–H groups in total. The first-order chi connectivity index (χ1) is 14.0. The molecule has 0 radical (unpaired) electrons. The topological polar surface area (TPSA) is 93.3 Å². The molecule has 8 heteroatoms. The number of aliphatic carboxylic acids is 1. The van der Waals surface area contributed by atoms with Crippen molar-refractivity contribution < 1.29 is 9.90 Å². The number of carboxylic acid groups (broad SMARTS) is 1. The molecule has 29 heavy (non-hydrogen) atoms. The van der Waals surface area contributed by atoms with Gasteiger partial charge in [0, 0.05) is 50.8 Å². The van der Waals surface area contributed by atoms with E-state index in [2.05, 4.69) is 16.9 Å². The van der Waals surface area contributed by atoms with E-state index in [9.17, 15) is 9.59 Å². The summed E-state index contributed by atoms with van der Waals surface area (Å²) in [5.41, 5.74) is 1.95. The molecule has 0 bridgehead atoms. The van der Waals surface area contributed by atoms with Gasteiger partial charge in [0.1, 0.15) is 0 Å². The maximum absolute atomic E-state index is 13.0. The van der Waals surface area contributed by atoms with Gasteiger partial charge in [-0.25, -0.2) is 9.78 Å². The van der Waals surface area contributed by atoms with Crippen molar-refractivity contribution in [1.82, 2.24) is 24.0 Å². The predicted octanol–water partition coefficient (Wildman–Crippen LogP) is 2.06. The highest BCUT2D eigenvalue weighted by Gasteiger charge is 2.25. The lowest BCUT2D eigenvalue weighted by Gasteiger charge is -2.28. The van der Waals surface area contributed by atoms with Gasteiger partial charge >= 0.3 is 11.7 Å². The summed E-state index contributed by atoms with van der Waals surface area (Å²) in [4.78, 5) is 35.4. The molecule has 2 aromatic heterocycles. The van der Waals surface area contributed by atoms with Crippen molar-refractivity contribution in [3.05, 3.63) is 40.5 Å². The van der Waals surface area contributed by atoms with Gasteiger partial charge in [0.05, 0.1) is 17.6 Å². The fourth-order valence-electron chi connectivity index (χ4n) is 4.55. The molecule has 0 saturated heterocycles. The molecule has 2 aromatic rings. The Labute approximate surface area is 170 Å². The van der Waals surface area contributed by atoms with Crippen LogP contribution in [-0.4, -0.2) is 55.2 Å². The van der Waals surface area contributed by atoms with Crippen LogP contribution in [0.2, 0.25) is 0 Å². The van der Waals surface area contributed by atoms with Crippen LogP contribution >= 0.6 is 0 Å². The smallest absolute Gasteiger partial charge is 0.334 e. The van der Waals surface area contributed by atoms with Crippen molar-refractivity contribution in [2.24, 2.45) is 5.92 Å². The number of aromatic nitrogens is 4. The third-order valence-electron chi connectivity index (χ3n) is 6.41. The Bertz CT molecular complexity index is 927. The fraction of sp³-hybridized carbons (Fsp3) is 0.619. The van der Waals surface area contributed by atoms with Gasteiger partial charge in [-0.3, -0.25) is 18.9 Å². The third-order valence-corrected chi connectivity index (χ3v) is 6.41. The van der Waals surface area contributed by atoms with E-state index in [1.807, 2.05) is 10.8 Å². The van der Waals surface area contributed by atoms with E-state index in [-0.39, 0.29) is 18.2 Å². The predicted molar refractivity (Wildman–Crippen MR) is 108 cm³/mol. The zero-order valence-corrected chi connectivity index (χ0v) is 17.0. The molecule has 1 aliphatic carbocycles. The van der Waals surface area contributed by atoms with Crippen LogP contribution < -0.4 is 5.69 Å².